The fourth-order valence-electron chi connectivity index (χ4n) is 3.40. The molecule has 0 aromatic carbocycles. The fraction of sp³-hybridized carbons (Fsp3) is 0.818. The molecule has 1 rings (SSSR count). The zero-order valence-corrected chi connectivity index (χ0v) is 20.1. The Labute approximate surface area is 185 Å². The highest BCUT2D eigenvalue weighted by atomic mass is 16.6. The van der Waals surface area contributed by atoms with Gasteiger partial charge in [0, 0.05) is 6.42 Å². The minimum Gasteiger partial charge on any atom is -0.467 e. The van der Waals surface area contributed by atoms with Gasteiger partial charge in [-0.15, -0.1) is 0 Å². The van der Waals surface area contributed by atoms with E-state index in [4.69, 9.17) is 9.47 Å². The molecule has 1 fully saturated rings. The summed E-state index contributed by atoms with van der Waals surface area (Å²) in [5.41, 5.74) is -1.30. The molecule has 0 aromatic rings. The van der Waals surface area contributed by atoms with E-state index in [-0.39, 0.29) is 24.2 Å². The van der Waals surface area contributed by atoms with Crippen molar-refractivity contribution in [1.82, 2.24) is 16.0 Å². The summed E-state index contributed by atoms with van der Waals surface area (Å²) >= 11 is 0. The largest absolute Gasteiger partial charge is 0.467 e. The van der Waals surface area contributed by atoms with E-state index in [0.29, 0.717) is 12.8 Å². The van der Waals surface area contributed by atoms with Gasteiger partial charge in [-0.25, -0.2) is 9.59 Å². The Bertz CT molecular complexity index is 665. The SMILES string of the molecule is COC(=O)[C@@H](NC(=O)[C@@H](NC(=O)CC1(NC(=O)OC(C)(C)C)CCC1)C(C)C)C(C)C. The number of hydrogen-bond donors (Lipinski definition) is 3. The zero-order chi connectivity index (χ0) is 24.0. The lowest BCUT2D eigenvalue weighted by molar-refractivity contribution is -0.146. The minimum absolute atomic E-state index is 0.0490. The van der Waals surface area contributed by atoms with Crippen molar-refractivity contribution in [2.24, 2.45) is 11.8 Å². The first kappa shape index (κ1) is 26.7. The van der Waals surface area contributed by atoms with Gasteiger partial charge in [-0.05, 0) is 51.9 Å². The molecule has 0 aliphatic heterocycles. The first-order valence-corrected chi connectivity index (χ1v) is 10.9. The maximum atomic E-state index is 12.8. The van der Waals surface area contributed by atoms with E-state index in [2.05, 4.69) is 16.0 Å². The standard InChI is InChI=1S/C22H39N3O6/c1-13(2)16(18(27)24-17(14(3)4)19(28)30-8)23-15(26)12-22(10-9-11-22)25-20(29)31-21(5,6)7/h13-14,16-17H,9-12H2,1-8H3,(H,23,26)(H,24,27)(H,25,29)/t16-,17-/m0/s1. The molecule has 0 unspecified atom stereocenters. The molecule has 1 aliphatic carbocycles. The molecule has 3 amide bonds. The van der Waals surface area contributed by atoms with Crippen LogP contribution in [0.3, 0.4) is 0 Å². The van der Waals surface area contributed by atoms with Crippen molar-refractivity contribution in [2.45, 2.75) is 97.4 Å². The van der Waals surface area contributed by atoms with E-state index in [0.717, 1.165) is 6.42 Å². The minimum atomic E-state index is -0.822. The topological polar surface area (TPSA) is 123 Å². The van der Waals surface area contributed by atoms with Crippen molar-refractivity contribution in [3.8, 4) is 0 Å². The van der Waals surface area contributed by atoms with Crippen LogP contribution in [-0.4, -0.2) is 54.2 Å². The molecule has 9 heteroatoms. The van der Waals surface area contributed by atoms with Gasteiger partial charge in [0.1, 0.15) is 17.7 Å². The molecule has 178 valence electrons. The van der Waals surface area contributed by atoms with Crippen LogP contribution in [0.2, 0.25) is 0 Å². The van der Waals surface area contributed by atoms with Crippen LogP contribution in [-0.2, 0) is 23.9 Å². The van der Waals surface area contributed by atoms with Gasteiger partial charge in [0.25, 0.3) is 0 Å². The molecule has 0 radical (unpaired) electrons. The number of hydrogen-bond acceptors (Lipinski definition) is 6. The molecule has 0 saturated heterocycles. The molecule has 1 saturated carbocycles. The first-order valence-electron chi connectivity index (χ1n) is 10.9. The normalized spacial score (nSPS) is 17.2. The van der Waals surface area contributed by atoms with Gasteiger partial charge >= 0.3 is 12.1 Å². The summed E-state index contributed by atoms with van der Waals surface area (Å²) < 4.78 is 10.1. The van der Waals surface area contributed by atoms with Crippen molar-refractivity contribution in [3.63, 3.8) is 0 Å². The van der Waals surface area contributed by atoms with Crippen LogP contribution in [0.15, 0.2) is 0 Å². The molecular weight excluding hydrogens is 402 g/mol. The van der Waals surface area contributed by atoms with Crippen LogP contribution < -0.4 is 16.0 Å². The number of nitrogens with one attached hydrogen (secondary N) is 3. The van der Waals surface area contributed by atoms with Crippen LogP contribution in [0.4, 0.5) is 4.79 Å². The van der Waals surface area contributed by atoms with E-state index < -0.39 is 41.2 Å². The molecule has 31 heavy (non-hydrogen) atoms. The van der Waals surface area contributed by atoms with E-state index in [1.165, 1.54) is 7.11 Å². The summed E-state index contributed by atoms with van der Waals surface area (Å²) in [6.45, 7) is 12.5. The summed E-state index contributed by atoms with van der Waals surface area (Å²) in [5.74, 6) is -1.70. The van der Waals surface area contributed by atoms with Crippen molar-refractivity contribution in [1.29, 1.82) is 0 Å². The van der Waals surface area contributed by atoms with Gasteiger partial charge < -0.3 is 25.4 Å². The number of amides is 3. The van der Waals surface area contributed by atoms with Crippen LogP contribution in [0.25, 0.3) is 0 Å². The Morgan fingerprint density at radius 2 is 1.48 bits per heavy atom. The van der Waals surface area contributed by atoms with Gasteiger partial charge in [-0.1, -0.05) is 27.7 Å². The summed E-state index contributed by atoms with van der Waals surface area (Å²) in [5, 5.41) is 8.29. The highest BCUT2D eigenvalue weighted by Gasteiger charge is 2.42. The third-order valence-electron chi connectivity index (χ3n) is 5.26. The van der Waals surface area contributed by atoms with E-state index in [1.807, 2.05) is 13.8 Å². The molecule has 0 spiro atoms. The van der Waals surface area contributed by atoms with Crippen LogP contribution in [0.5, 0.6) is 0 Å². The third-order valence-corrected chi connectivity index (χ3v) is 5.26. The highest BCUT2D eigenvalue weighted by molar-refractivity contribution is 5.91. The lowest BCUT2D eigenvalue weighted by Crippen LogP contribution is -2.59. The molecule has 9 nitrogen and oxygen atoms in total. The van der Waals surface area contributed by atoms with Gasteiger partial charge in [-0.2, -0.15) is 0 Å². The monoisotopic (exact) mass is 441 g/mol. The van der Waals surface area contributed by atoms with Crippen molar-refractivity contribution in [3.05, 3.63) is 0 Å². The lowest BCUT2D eigenvalue weighted by atomic mass is 9.74. The van der Waals surface area contributed by atoms with Crippen molar-refractivity contribution in [2.75, 3.05) is 7.11 Å². The maximum absolute atomic E-state index is 12.8. The zero-order valence-electron chi connectivity index (χ0n) is 20.1. The maximum Gasteiger partial charge on any atom is 0.408 e. The van der Waals surface area contributed by atoms with Gasteiger partial charge in [0.15, 0.2) is 0 Å². The first-order chi connectivity index (χ1) is 14.2. The molecule has 1 aliphatic rings. The van der Waals surface area contributed by atoms with E-state index in [1.54, 1.807) is 34.6 Å². The van der Waals surface area contributed by atoms with E-state index >= 15 is 0 Å². The second-order valence-electron chi connectivity index (χ2n) is 9.98. The van der Waals surface area contributed by atoms with Crippen LogP contribution >= 0.6 is 0 Å². The average molecular weight is 442 g/mol. The quantitative estimate of drug-likeness (QED) is 0.472. The number of rotatable bonds is 9. The molecule has 0 aromatic heterocycles. The summed E-state index contributed by atoms with van der Waals surface area (Å²) in [6.07, 6.45) is 1.71. The Morgan fingerprint density at radius 3 is 1.87 bits per heavy atom. The second kappa shape index (κ2) is 10.8. The Hall–Kier alpha value is -2.32. The number of carbonyl (C=O) groups is 4. The van der Waals surface area contributed by atoms with Crippen LogP contribution in [0.1, 0.15) is 74.1 Å². The third kappa shape index (κ3) is 8.38. The molecular formula is C22H39N3O6. The number of esters is 1. The number of alkyl carbamates (subject to hydrolysis) is 1. The fourth-order valence-corrected chi connectivity index (χ4v) is 3.40. The van der Waals surface area contributed by atoms with Crippen molar-refractivity contribution < 1.29 is 28.7 Å². The highest BCUT2D eigenvalue weighted by Crippen LogP contribution is 2.35. The predicted octanol–water partition coefficient (Wildman–Crippen LogP) is 2.28. The van der Waals surface area contributed by atoms with Crippen LogP contribution in [0, 0.1) is 11.8 Å². The number of ether oxygens (including phenoxy) is 2. The van der Waals surface area contributed by atoms with Crippen molar-refractivity contribution >= 4 is 23.9 Å². The van der Waals surface area contributed by atoms with E-state index in [9.17, 15) is 19.2 Å². The molecule has 0 heterocycles. The number of carbonyl (C=O) groups excluding carboxylic acids is 4. The predicted molar refractivity (Wildman–Crippen MR) is 116 cm³/mol. The second-order valence-corrected chi connectivity index (χ2v) is 9.98. The Morgan fingerprint density at radius 1 is 0.935 bits per heavy atom. The molecule has 0 bridgehead atoms. The van der Waals surface area contributed by atoms with Gasteiger partial charge in [0.2, 0.25) is 11.8 Å². The van der Waals surface area contributed by atoms with Gasteiger partial charge in [0.05, 0.1) is 12.6 Å². The Balaban J connectivity index is 2.79. The average Bonchev–Trinajstić information content (AvgIpc) is 2.59. The molecule has 3 N–H and O–H groups in total. The summed E-state index contributed by atoms with van der Waals surface area (Å²) in [6, 6.07) is -1.63. The molecule has 2 atom stereocenters. The lowest BCUT2D eigenvalue weighted by Gasteiger charge is -2.42. The summed E-state index contributed by atoms with van der Waals surface area (Å²) in [4.78, 5) is 49.7. The summed E-state index contributed by atoms with van der Waals surface area (Å²) in [7, 11) is 1.27. The number of methoxy groups -OCH3 is 1. The smallest absolute Gasteiger partial charge is 0.408 e. The Kier molecular flexibility index (Phi) is 9.32. The van der Waals surface area contributed by atoms with Gasteiger partial charge in [-0.3, -0.25) is 9.59 Å².